The molecule has 3 rings (SSSR count). The van der Waals surface area contributed by atoms with Gasteiger partial charge in [0.1, 0.15) is 11.5 Å². The van der Waals surface area contributed by atoms with Crippen LogP contribution in [0.4, 0.5) is 0 Å². The fourth-order valence-electron chi connectivity index (χ4n) is 3.39. The molecule has 0 bridgehead atoms. The molecule has 1 aliphatic rings. The third-order valence-electron chi connectivity index (χ3n) is 4.77. The molecule has 1 heterocycles. The van der Waals surface area contributed by atoms with Crippen LogP contribution in [0.15, 0.2) is 60.2 Å². The number of rotatable bonds is 8. The van der Waals surface area contributed by atoms with Crippen molar-refractivity contribution in [1.82, 2.24) is 4.90 Å². The zero-order valence-corrected chi connectivity index (χ0v) is 16.6. The van der Waals surface area contributed by atoms with E-state index in [2.05, 4.69) is 0 Å². The molecule has 0 aliphatic carbocycles. The summed E-state index contributed by atoms with van der Waals surface area (Å²) in [5.74, 6) is -0.956. The van der Waals surface area contributed by atoms with Gasteiger partial charge in [0.15, 0.2) is 0 Å². The first-order valence-electron chi connectivity index (χ1n) is 9.64. The van der Waals surface area contributed by atoms with Crippen LogP contribution in [0.3, 0.4) is 0 Å². The van der Waals surface area contributed by atoms with Gasteiger partial charge < -0.3 is 19.5 Å². The lowest BCUT2D eigenvalue weighted by Crippen LogP contribution is -2.32. The molecule has 1 amide bonds. The van der Waals surface area contributed by atoms with E-state index in [4.69, 9.17) is 9.47 Å². The number of Topliss-reactive ketones (excluding diaryl/α,β-unsaturated/α-hetero) is 1. The molecule has 0 saturated carbocycles. The fraction of sp³-hybridized carbons (Fsp3) is 0.304. The SMILES string of the molecule is CCCOc1cccc(C(O)=C2C(=O)C(=O)N(CCOC)C2c2ccccc2)c1. The topological polar surface area (TPSA) is 76.1 Å². The molecule has 0 aromatic heterocycles. The van der Waals surface area contributed by atoms with E-state index in [0.717, 1.165) is 12.0 Å². The van der Waals surface area contributed by atoms with Gasteiger partial charge in [0.05, 0.1) is 24.8 Å². The van der Waals surface area contributed by atoms with Crippen molar-refractivity contribution in [3.63, 3.8) is 0 Å². The average Bonchev–Trinajstić information content (AvgIpc) is 3.01. The van der Waals surface area contributed by atoms with Crippen molar-refractivity contribution in [3.8, 4) is 5.75 Å². The number of carbonyl (C=O) groups is 2. The average molecular weight is 395 g/mol. The van der Waals surface area contributed by atoms with Gasteiger partial charge in [-0.2, -0.15) is 0 Å². The summed E-state index contributed by atoms with van der Waals surface area (Å²) in [6, 6.07) is 15.4. The van der Waals surface area contributed by atoms with Crippen LogP contribution in [0.2, 0.25) is 0 Å². The van der Waals surface area contributed by atoms with E-state index < -0.39 is 17.7 Å². The molecule has 1 saturated heterocycles. The predicted octanol–water partition coefficient (Wildman–Crippen LogP) is 3.54. The lowest BCUT2D eigenvalue weighted by molar-refractivity contribution is -0.140. The predicted molar refractivity (Wildman–Crippen MR) is 110 cm³/mol. The van der Waals surface area contributed by atoms with Gasteiger partial charge in [0.2, 0.25) is 0 Å². The summed E-state index contributed by atoms with van der Waals surface area (Å²) in [7, 11) is 1.54. The number of ether oxygens (including phenoxy) is 2. The Bertz CT molecular complexity index is 906. The number of aliphatic hydroxyl groups is 1. The van der Waals surface area contributed by atoms with Gasteiger partial charge in [-0.05, 0) is 24.1 Å². The van der Waals surface area contributed by atoms with Crippen molar-refractivity contribution in [2.45, 2.75) is 19.4 Å². The Kier molecular flexibility index (Phi) is 6.67. The van der Waals surface area contributed by atoms with Gasteiger partial charge in [-0.25, -0.2) is 0 Å². The van der Waals surface area contributed by atoms with Gasteiger partial charge in [-0.3, -0.25) is 9.59 Å². The molecule has 6 heteroatoms. The summed E-state index contributed by atoms with van der Waals surface area (Å²) in [6.45, 7) is 3.09. The van der Waals surface area contributed by atoms with Gasteiger partial charge in [-0.15, -0.1) is 0 Å². The van der Waals surface area contributed by atoms with E-state index in [1.54, 1.807) is 24.3 Å². The monoisotopic (exact) mass is 395 g/mol. The molecule has 1 fully saturated rings. The number of methoxy groups -OCH3 is 1. The normalized spacial score (nSPS) is 18.3. The Hall–Kier alpha value is -3.12. The second-order valence-electron chi connectivity index (χ2n) is 6.77. The van der Waals surface area contributed by atoms with Gasteiger partial charge >= 0.3 is 0 Å². The van der Waals surface area contributed by atoms with Gasteiger partial charge in [0, 0.05) is 19.2 Å². The second kappa shape index (κ2) is 9.39. The Morgan fingerprint density at radius 1 is 1.07 bits per heavy atom. The number of aliphatic hydroxyl groups excluding tert-OH is 1. The first-order chi connectivity index (χ1) is 14.1. The third-order valence-corrected chi connectivity index (χ3v) is 4.77. The second-order valence-corrected chi connectivity index (χ2v) is 6.77. The van der Waals surface area contributed by atoms with E-state index in [-0.39, 0.29) is 24.5 Å². The summed E-state index contributed by atoms with van der Waals surface area (Å²) in [5, 5.41) is 11.0. The number of hydrogen-bond acceptors (Lipinski definition) is 5. The van der Waals surface area contributed by atoms with Crippen LogP contribution in [0, 0.1) is 0 Å². The molecule has 29 heavy (non-hydrogen) atoms. The molecule has 6 nitrogen and oxygen atoms in total. The van der Waals surface area contributed by atoms with E-state index in [9.17, 15) is 14.7 Å². The van der Waals surface area contributed by atoms with Gasteiger partial charge in [-0.1, -0.05) is 49.4 Å². The molecule has 1 N–H and O–H groups in total. The summed E-state index contributed by atoms with van der Waals surface area (Å²) in [5.41, 5.74) is 1.26. The first-order valence-corrected chi connectivity index (χ1v) is 9.64. The van der Waals surface area contributed by atoms with Gasteiger partial charge in [0.25, 0.3) is 11.7 Å². The maximum Gasteiger partial charge on any atom is 0.295 e. The van der Waals surface area contributed by atoms with Crippen molar-refractivity contribution < 1.29 is 24.2 Å². The Labute approximate surface area is 170 Å². The molecule has 1 atom stereocenters. The van der Waals surface area contributed by atoms with Crippen LogP contribution in [-0.4, -0.2) is 48.6 Å². The quantitative estimate of drug-likeness (QED) is 0.420. The number of carbonyl (C=O) groups excluding carboxylic acids is 2. The Morgan fingerprint density at radius 3 is 2.52 bits per heavy atom. The first kappa shape index (κ1) is 20.6. The number of hydrogen-bond donors (Lipinski definition) is 1. The maximum absolute atomic E-state index is 12.9. The smallest absolute Gasteiger partial charge is 0.295 e. The summed E-state index contributed by atoms with van der Waals surface area (Å²) >= 11 is 0. The molecule has 2 aromatic rings. The third kappa shape index (κ3) is 4.32. The molecule has 1 aliphatic heterocycles. The van der Waals surface area contributed by atoms with Crippen LogP contribution in [0.25, 0.3) is 5.76 Å². The summed E-state index contributed by atoms with van der Waals surface area (Å²) in [4.78, 5) is 27.0. The van der Waals surface area contributed by atoms with Crippen molar-refractivity contribution in [3.05, 3.63) is 71.3 Å². The molecule has 2 aromatic carbocycles. The zero-order valence-electron chi connectivity index (χ0n) is 16.6. The molecule has 0 spiro atoms. The van der Waals surface area contributed by atoms with Crippen LogP contribution in [0.1, 0.15) is 30.5 Å². The number of likely N-dealkylation sites (tertiary alicyclic amines) is 1. The van der Waals surface area contributed by atoms with E-state index >= 15 is 0 Å². The Balaban J connectivity index is 2.08. The molecule has 152 valence electrons. The minimum atomic E-state index is -0.702. The van der Waals surface area contributed by atoms with Crippen molar-refractivity contribution in [2.75, 3.05) is 26.9 Å². The molecule has 0 radical (unpaired) electrons. The molecular weight excluding hydrogens is 370 g/mol. The highest BCUT2D eigenvalue weighted by atomic mass is 16.5. The number of amides is 1. The largest absolute Gasteiger partial charge is 0.507 e. The highest BCUT2D eigenvalue weighted by Gasteiger charge is 2.45. The standard InChI is InChI=1S/C23H25NO5/c1-3-13-29-18-11-7-10-17(15-18)21(25)19-20(16-8-5-4-6-9-16)24(12-14-28-2)23(27)22(19)26/h4-11,15,20,25H,3,12-14H2,1-2H3. The van der Waals surface area contributed by atoms with Crippen LogP contribution < -0.4 is 4.74 Å². The minimum Gasteiger partial charge on any atom is -0.507 e. The minimum absolute atomic E-state index is 0.0740. The summed E-state index contributed by atoms with van der Waals surface area (Å²) in [6.07, 6.45) is 0.856. The highest BCUT2D eigenvalue weighted by Crippen LogP contribution is 2.39. The summed E-state index contributed by atoms with van der Waals surface area (Å²) < 4.78 is 10.7. The number of ketones is 1. The van der Waals surface area contributed by atoms with Crippen LogP contribution in [0.5, 0.6) is 5.75 Å². The number of benzene rings is 2. The fourth-order valence-corrected chi connectivity index (χ4v) is 3.39. The van der Waals surface area contributed by atoms with Crippen molar-refractivity contribution in [1.29, 1.82) is 0 Å². The van der Waals surface area contributed by atoms with E-state index in [1.165, 1.54) is 12.0 Å². The maximum atomic E-state index is 12.9. The highest BCUT2D eigenvalue weighted by molar-refractivity contribution is 6.46. The molecule has 1 unspecified atom stereocenters. The number of nitrogens with zero attached hydrogens (tertiary/aromatic N) is 1. The lowest BCUT2D eigenvalue weighted by Gasteiger charge is -2.25. The van der Waals surface area contributed by atoms with E-state index in [0.29, 0.717) is 17.9 Å². The van der Waals surface area contributed by atoms with Crippen molar-refractivity contribution >= 4 is 17.4 Å². The molecular formula is C23H25NO5. The van der Waals surface area contributed by atoms with Crippen LogP contribution in [-0.2, 0) is 14.3 Å². The van der Waals surface area contributed by atoms with E-state index in [1.807, 2.05) is 37.3 Å². The van der Waals surface area contributed by atoms with Crippen LogP contribution >= 0.6 is 0 Å². The lowest BCUT2D eigenvalue weighted by atomic mass is 9.95. The Morgan fingerprint density at radius 2 is 1.83 bits per heavy atom. The zero-order chi connectivity index (χ0) is 20.8. The van der Waals surface area contributed by atoms with Crippen molar-refractivity contribution in [2.24, 2.45) is 0 Å².